The Morgan fingerprint density at radius 3 is 1.95 bits per heavy atom. The predicted octanol–water partition coefficient (Wildman–Crippen LogP) is 10.0. The summed E-state index contributed by atoms with van der Waals surface area (Å²) in [4.78, 5) is 92.8. The number of ether oxygens (including phenoxy) is 2. The van der Waals surface area contributed by atoms with Gasteiger partial charge in [-0.2, -0.15) is 26.3 Å². The van der Waals surface area contributed by atoms with Crippen molar-refractivity contribution in [1.82, 2.24) is 20.5 Å². The third-order valence-electron chi connectivity index (χ3n) is 14.2. The number of rotatable bonds is 17. The van der Waals surface area contributed by atoms with Crippen LogP contribution in [-0.4, -0.2) is 84.0 Å². The van der Waals surface area contributed by atoms with Crippen molar-refractivity contribution in [3.63, 3.8) is 0 Å². The van der Waals surface area contributed by atoms with Crippen molar-refractivity contribution in [1.29, 1.82) is 0 Å². The zero-order valence-electron chi connectivity index (χ0n) is 42.6. The molecular weight excluding hydrogens is 1060 g/mol. The van der Waals surface area contributed by atoms with Gasteiger partial charge in [0, 0.05) is 83.0 Å². The van der Waals surface area contributed by atoms with Crippen LogP contribution in [0.25, 0.3) is 10.2 Å². The second-order valence-electron chi connectivity index (χ2n) is 19.5. The highest BCUT2D eigenvalue weighted by Gasteiger charge is 2.54. The average molecular weight is 1110 g/mol. The number of alkyl halides is 6. The van der Waals surface area contributed by atoms with Crippen molar-refractivity contribution >= 4 is 80.0 Å². The van der Waals surface area contributed by atoms with Crippen LogP contribution < -0.4 is 36.2 Å². The van der Waals surface area contributed by atoms with E-state index in [1.165, 1.54) is 41.7 Å². The molecule has 1 saturated carbocycles. The lowest BCUT2D eigenvalue weighted by atomic mass is 9.77. The van der Waals surface area contributed by atoms with Gasteiger partial charge in [0.2, 0.25) is 11.8 Å². The lowest BCUT2D eigenvalue weighted by molar-refractivity contribution is -0.167. The Balaban J connectivity index is 0.739. The maximum atomic E-state index is 13.7. The largest absolute Gasteiger partial charge is 0.471 e. The molecule has 6 amide bonds. The first-order valence-corrected chi connectivity index (χ1v) is 26.4. The number of nitrogens with one attached hydrogen (secondary N) is 5. The number of fused-ring (bicyclic) bond motifs is 7. The summed E-state index contributed by atoms with van der Waals surface area (Å²) in [6, 6.07) is 22.3. The van der Waals surface area contributed by atoms with Crippen LogP contribution in [0.15, 0.2) is 96.4 Å². The SMILES string of the molecule is CCN(C(=O)Cn1c(C(=O)NC2CCC(C(=O)NCCCCCCNC(=O)c3ccc4c(c3)C(=O)OC43c4ccc(NC(=O)C(F)(F)F)cc4Oc4cc(NC(=O)C(F)(F)F)ccc43)CC2)cc2sccc21)c1cccc(C)c1. The van der Waals surface area contributed by atoms with Crippen LogP contribution in [0.3, 0.4) is 0 Å². The van der Waals surface area contributed by atoms with E-state index in [1.807, 2.05) is 55.6 Å². The molecule has 1 aliphatic carbocycles. The van der Waals surface area contributed by atoms with Gasteiger partial charge in [0.15, 0.2) is 5.60 Å². The van der Waals surface area contributed by atoms with E-state index in [1.54, 1.807) is 20.1 Å². The maximum Gasteiger partial charge on any atom is 0.471 e. The number of likely N-dealkylation sites (N-methyl/N-ethyl adjacent to an activating group) is 1. The van der Waals surface area contributed by atoms with E-state index in [0.717, 1.165) is 58.6 Å². The Hall–Kier alpha value is -8.21. The number of carbonyl (C=O) groups is 7. The maximum absolute atomic E-state index is 13.7. The number of anilines is 3. The molecule has 23 heteroatoms. The van der Waals surface area contributed by atoms with E-state index in [9.17, 15) is 59.9 Å². The van der Waals surface area contributed by atoms with Crippen molar-refractivity contribution in [2.24, 2.45) is 5.92 Å². The fourth-order valence-corrected chi connectivity index (χ4v) is 11.1. The van der Waals surface area contributed by atoms with E-state index in [-0.39, 0.29) is 93.5 Å². The van der Waals surface area contributed by atoms with Crippen molar-refractivity contribution in [2.45, 2.75) is 95.8 Å². The van der Waals surface area contributed by atoms with Crippen molar-refractivity contribution in [2.75, 3.05) is 35.2 Å². The summed E-state index contributed by atoms with van der Waals surface area (Å²) in [7, 11) is 0. The van der Waals surface area contributed by atoms with Crippen LogP contribution in [0.1, 0.15) is 112 Å². The van der Waals surface area contributed by atoms with E-state index in [0.29, 0.717) is 57.3 Å². The van der Waals surface area contributed by atoms with Gasteiger partial charge in [0.1, 0.15) is 23.7 Å². The van der Waals surface area contributed by atoms with Gasteiger partial charge in [-0.3, -0.25) is 28.8 Å². The van der Waals surface area contributed by atoms with Crippen LogP contribution in [0.5, 0.6) is 11.5 Å². The molecule has 1 spiro atoms. The fraction of sp³-hybridized carbons (Fsp3) is 0.339. The molecule has 0 saturated heterocycles. The van der Waals surface area contributed by atoms with E-state index < -0.39 is 41.6 Å². The number of amides is 6. The van der Waals surface area contributed by atoms with Gasteiger partial charge < -0.3 is 45.5 Å². The average Bonchev–Trinajstić information content (AvgIpc) is 4.26. The lowest BCUT2D eigenvalue weighted by Crippen LogP contribution is -2.42. The number of hydrogen-bond acceptors (Lipinski definition) is 10. The van der Waals surface area contributed by atoms with Crippen molar-refractivity contribution in [3.05, 3.63) is 135 Å². The summed E-state index contributed by atoms with van der Waals surface area (Å²) in [5, 5.41) is 14.3. The normalized spacial score (nSPS) is 16.2. The molecule has 0 bridgehead atoms. The zero-order chi connectivity index (χ0) is 56.4. The molecular formula is C56H53F6N7O9S. The quantitative estimate of drug-likeness (QED) is 0.0334. The molecule has 414 valence electrons. The number of halogens is 6. The Bertz CT molecular complexity index is 3310. The number of carbonyl (C=O) groups excluding carboxylic acids is 7. The molecule has 16 nitrogen and oxygen atoms in total. The first-order valence-electron chi connectivity index (χ1n) is 25.6. The number of benzene rings is 4. The van der Waals surface area contributed by atoms with Gasteiger partial charge in [-0.25, -0.2) is 4.79 Å². The molecule has 0 radical (unpaired) electrons. The van der Waals surface area contributed by atoms with E-state index in [2.05, 4.69) is 16.0 Å². The molecule has 4 heterocycles. The highest BCUT2D eigenvalue weighted by Crippen LogP contribution is 2.57. The number of nitrogens with zero attached hydrogens (tertiary/aromatic N) is 2. The number of unbranched alkanes of at least 4 members (excludes halogenated alkanes) is 3. The Kier molecular flexibility index (Phi) is 15.9. The highest BCUT2D eigenvalue weighted by molar-refractivity contribution is 7.17. The number of esters is 1. The minimum Gasteiger partial charge on any atom is -0.456 e. The van der Waals surface area contributed by atoms with Crippen molar-refractivity contribution in [3.8, 4) is 11.5 Å². The third-order valence-corrected chi connectivity index (χ3v) is 15.1. The van der Waals surface area contributed by atoms with Gasteiger partial charge in [0.05, 0.1) is 15.8 Å². The summed E-state index contributed by atoms with van der Waals surface area (Å²) >= 11 is 1.50. The van der Waals surface area contributed by atoms with Crippen LogP contribution in [-0.2, 0) is 36.1 Å². The van der Waals surface area contributed by atoms with Gasteiger partial charge in [-0.15, -0.1) is 11.3 Å². The lowest BCUT2D eigenvalue weighted by Gasteiger charge is -2.37. The first kappa shape index (κ1) is 55.5. The molecule has 0 atom stereocenters. The Morgan fingerprint density at radius 1 is 0.722 bits per heavy atom. The number of hydrogen-bond donors (Lipinski definition) is 5. The minimum atomic E-state index is -5.25. The van der Waals surface area contributed by atoms with E-state index >= 15 is 0 Å². The van der Waals surface area contributed by atoms with Gasteiger partial charge >= 0.3 is 30.1 Å². The summed E-state index contributed by atoms with van der Waals surface area (Å²) in [6.07, 6.45) is -5.26. The minimum absolute atomic E-state index is 0.000166. The molecule has 9 rings (SSSR count). The summed E-state index contributed by atoms with van der Waals surface area (Å²) in [6.45, 7) is 5.11. The molecule has 79 heavy (non-hydrogen) atoms. The molecule has 5 N–H and O–H groups in total. The second kappa shape index (κ2) is 22.6. The second-order valence-corrected chi connectivity index (χ2v) is 20.5. The molecule has 4 aromatic carbocycles. The Morgan fingerprint density at radius 2 is 1.34 bits per heavy atom. The van der Waals surface area contributed by atoms with Gasteiger partial charge in [-0.05, 0) is 124 Å². The topological polar surface area (TPSA) is 206 Å². The molecule has 6 aromatic rings. The molecule has 2 aliphatic heterocycles. The smallest absolute Gasteiger partial charge is 0.456 e. The third kappa shape index (κ3) is 11.8. The summed E-state index contributed by atoms with van der Waals surface area (Å²) in [5.74, 6) is -7.14. The molecule has 0 unspecified atom stereocenters. The van der Waals surface area contributed by atoms with E-state index in [4.69, 9.17) is 9.47 Å². The molecule has 1 fully saturated rings. The molecule has 3 aliphatic rings. The number of thiophene rings is 1. The van der Waals surface area contributed by atoms with Crippen LogP contribution in [0.4, 0.5) is 43.4 Å². The number of aromatic nitrogens is 1. The zero-order valence-corrected chi connectivity index (χ0v) is 43.4. The first-order chi connectivity index (χ1) is 37.6. The van der Waals surface area contributed by atoms with Gasteiger partial charge in [-0.1, -0.05) is 31.0 Å². The summed E-state index contributed by atoms with van der Waals surface area (Å²) in [5.41, 5.74) is 0.726. The van der Waals surface area contributed by atoms with Crippen LogP contribution in [0, 0.1) is 12.8 Å². The van der Waals surface area contributed by atoms with Crippen LogP contribution in [0.2, 0.25) is 0 Å². The highest BCUT2D eigenvalue weighted by atomic mass is 32.1. The Labute approximate surface area is 452 Å². The number of aryl methyl sites for hydroxylation is 1. The monoisotopic (exact) mass is 1110 g/mol. The molecule has 2 aromatic heterocycles. The van der Waals surface area contributed by atoms with Crippen LogP contribution >= 0.6 is 11.3 Å². The standard InChI is InChI=1S/C56H53F6N7O9S/c1-3-68(37-10-8-9-31(2)25-37)47(70)30-69-42-21-24-79-46(42)29-43(69)50(73)65-34-14-11-32(12-15-34)48(71)63-22-6-4-5-7-23-64-49(72)33-13-18-39-38(26-33)51(74)78-54(39)40-19-16-35(66-52(75)55(57,58)59)27-44(40)77-45-28-36(17-20-41(45)54)67-53(76)56(60,61)62/h8-10,13,16-21,24-29,32,34H,3-7,11-12,14-15,22-23,30H2,1-2H3,(H,63,71)(H,64,72)(H,65,73)(H,66,75)(H,67,76). The van der Waals surface area contributed by atoms with Gasteiger partial charge in [0.25, 0.3) is 11.8 Å². The predicted molar refractivity (Wildman–Crippen MR) is 280 cm³/mol. The van der Waals surface area contributed by atoms with Crippen molar-refractivity contribution < 1.29 is 69.4 Å². The fourth-order valence-electron chi connectivity index (χ4n) is 10.3. The summed E-state index contributed by atoms with van der Waals surface area (Å²) < 4.78 is 93.4.